The Balaban J connectivity index is 1.77. The molecule has 4 atom stereocenters. The Bertz CT molecular complexity index is 785. The van der Waals surface area contributed by atoms with Gasteiger partial charge in [-0.25, -0.2) is 13.6 Å². The standard InChI is InChI=1S/C15H16N2O5S/c16-23(21,22)11-5-3-10(4-6-11)17-14(18)12-8-1-2-9(7-8)13(12)15(19)20/h1-6,8-9,12-13H,7H2,(H,17,18)(H,19,20)(H2,16,21,22)/t8-,9+,12-,13+/m1/s1. The zero-order valence-electron chi connectivity index (χ0n) is 12.0. The normalized spacial score (nSPS) is 28.7. The lowest BCUT2D eigenvalue weighted by atomic mass is 9.82. The predicted molar refractivity (Wildman–Crippen MR) is 81.8 cm³/mol. The number of benzene rings is 1. The molecule has 7 nitrogen and oxygen atoms in total. The van der Waals surface area contributed by atoms with Gasteiger partial charge in [0.15, 0.2) is 0 Å². The van der Waals surface area contributed by atoms with Gasteiger partial charge in [-0.3, -0.25) is 9.59 Å². The Morgan fingerprint density at radius 3 is 2.17 bits per heavy atom. The third-order valence-corrected chi connectivity index (χ3v) is 5.43. The summed E-state index contributed by atoms with van der Waals surface area (Å²) < 4.78 is 22.4. The molecule has 0 heterocycles. The molecule has 23 heavy (non-hydrogen) atoms. The smallest absolute Gasteiger partial charge is 0.307 e. The van der Waals surface area contributed by atoms with Gasteiger partial charge in [0.05, 0.1) is 16.7 Å². The van der Waals surface area contributed by atoms with Crippen molar-refractivity contribution in [2.24, 2.45) is 28.8 Å². The summed E-state index contributed by atoms with van der Waals surface area (Å²) in [6.07, 6.45) is 4.45. The predicted octanol–water partition coefficient (Wildman–Crippen LogP) is 0.795. The molecule has 1 amide bonds. The van der Waals surface area contributed by atoms with Crippen LogP contribution in [0.3, 0.4) is 0 Å². The summed E-state index contributed by atoms with van der Waals surface area (Å²) in [5, 5.41) is 17.0. The number of carboxylic acids is 1. The number of aliphatic carboxylic acids is 1. The van der Waals surface area contributed by atoms with E-state index in [4.69, 9.17) is 5.14 Å². The Labute approximate surface area is 133 Å². The van der Waals surface area contributed by atoms with Crippen LogP contribution in [-0.2, 0) is 19.6 Å². The van der Waals surface area contributed by atoms with Crippen LogP contribution in [0.5, 0.6) is 0 Å². The highest BCUT2D eigenvalue weighted by atomic mass is 32.2. The van der Waals surface area contributed by atoms with Crippen LogP contribution in [-0.4, -0.2) is 25.4 Å². The summed E-state index contributed by atoms with van der Waals surface area (Å²) in [5.41, 5.74) is 0.401. The molecule has 1 aromatic carbocycles. The fourth-order valence-corrected chi connectivity index (χ4v) is 3.99. The maximum atomic E-state index is 12.5. The maximum absolute atomic E-state index is 12.5. The van der Waals surface area contributed by atoms with Crippen molar-refractivity contribution in [1.82, 2.24) is 0 Å². The quantitative estimate of drug-likeness (QED) is 0.701. The average molecular weight is 336 g/mol. The Hall–Kier alpha value is -2.19. The number of hydrogen-bond acceptors (Lipinski definition) is 4. The first-order valence-electron chi connectivity index (χ1n) is 7.12. The van der Waals surface area contributed by atoms with Crippen LogP contribution in [0.2, 0.25) is 0 Å². The van der Waals surface area contributed by atoms with Gasteiger partial charge < -0.3 is 10.4 Å². The van der Waals surface area contributed by atoms with Crippen LogP contribution < -0.4 is 10.5 Å². The summed E-state index contributed by atoms with van der Waals surface area (Å²) in [7, 11) is -3.79. The van der Waals surface area contributed by atoms with Crippen LogP contribution in [0, 0.1) is 23.7 Å². The number of carbonyl (C=O) groups excluding carboxylic acids is 1. The number of amides is 1. The zero-order valence-corrected chi connectivity index (χ0v) is 12.9. The molecule has 1 saturated carbocycles. The van der Waals surface area contributed by atoms with E-state index in [1.807, 2.05) is 12.2 Å². The highest BCUT2D eigenvalue weighted by molar-refractivity contribution is 7.89. The van der Waals surface area contributed by atoms with Gasteiger partial charge in [-0.15, -0.1) is 0 Å². The van der Waals surface area contributed by atoms with Gasteiger partial charge in [0.2, 0.25) is 15.9 Å². The fraction of sp³-hybridized carbons (Fsp3) is 0.333. The zero-order chi connectivity index (χ0) is 16.8. The molecule has 0 saturated heterocycles. The number of nitrogens with one attached hydrogen (secondary N) is 1. The highest BCUT2D eigenvalue weighted by Gasteiger charge is 2.51. The van der Waals surface area contributed by atoms with Crippen molar-refractivity contribution in [1.29, 1.82) is 0 Å². The van der Waals surface area contributed by atoms with E-state index in [0.29, 0.717) is 12.1 Å². The minimum Gasteiger partial charge on any atom is -0.481 e. The first kappa shape index (κ1) is 15.7. The minimum absolute atomic E-state index is 0.0539. The van der Waals surface area contributed by atoms with Crippen molar-refractivity contribution >= 4 is 27.6 Å². The molecule has 0 radical (unpaired) electrons. The van der Waals surface area contributed by atoms with Crippen molar-refractivity contribution in [2.75, 3.05) is 5.32 Å². The maximum Gasteiger partial charge on any atom is 0.307 e. The van der Waals surface area contributed by atoms with Gasteiger partial charge in [0.25, 0.3) is 0 Å². The van der Waals surface area contributed by atoms with E-state index >= 15 is 0 Å². The van der Waals surface area contributed by atoms with E-state index in [0.717, 1.165) is 0 Å². The number of rotatable bonds is 4. The van der Waals surface area contributed by atoms with E-state index in [1.165, 1.54) is 24.3 Å². The van der Waals surface area contributed by atoms with E-state index in [2.05, 4.69) is 5.32 Å². The van der Waals surface area contributed by atoms with Crippen LogP contribution in [0.25, 0.3) is 0 Å². The van der Waals surface area contributed by atoms with Crippen molar-refractivity contribution in [3.8, 4) is 0 Å². The van der Waals surface area contributed by atoms with Crippen LogP contribution in [0.1, 0.15) is 6.42 Å². The van der Waals surface area contributed by atoms with Crippen LogP contribution in [0.15, 0.2) is 41.3 Å². The second kappa shape index (κ2) is 5.47. The summed E-state index contributed by atoms with van der Waals surface area (Å²) in [5.74, 6) is -2.82. The Morgan fingerprint density at radius 2 is 1.65 bits per heavy atom. The van der Waals surface area contributed by atoms with Gasteiger partial charge >= 0.3 is 5.97 Å². The number of hydrogen-bond donors (Lipinski definition) is 3. The third kappa shape index (κ3) is 2.87. The molecule has 0 aromatic heterocycles. The molecule has 2 aliphatic rings. The van der Waals surface area contributed by atoms with Crippen LogP contribution in [0.4, 0.5) is 5.69 Å². The minimum atomic E-state index is -3.79. The van der Waals surface area contributed by atoms with Crippen LogP contribution >= 0.6 is 0 Å². The van der Waals surface area contributed by atoms with Crippen molar-refractivity contribution in [2.45, 2.75) is 11.3 Å². The molecule has 1 aromatic rings. The first-order valence-corrected chi connectivity index (χ1v) is 8.67. The van der Waals surface area contributed by atoms with Gasteiger partial charge in [-0.05, 0) is 42.5 Å². The SMILES string of the molecule is NS(=O)(=O)c1ccc(NC(=O)[C@H]2[C@@H](C(=O)O)[C@H]3C=C[C@@H]2C3)cc1. The van der Waals surface area contributed by atoms with E-state index in [1.54, 1.807) is 0 Å². The van der Waals surface area contributed by atoms with Gasteiger partial charge in [0, 0.05) is 5.69 Å². The molecule has 8 heteroatoms. The number of carbonyl (C=O) groups is 2. The van der Waals surface area contributed by atoms with Crippen molar-refractivity contribution < 1.29 is 23.1 Å². The Morgan fingerprint density at radius 1 is 1.09 bits per heavy atom. The molecule has 2 aliphatic carbocycles. The second-order valence-corrected chi connectivity index (χ2v) is 7.46. The number of fused-ring (bicyclic) bond motifs is 2. The van der Waals surface area contributed by atoms with Gasteiger partial charge in [-0.2, -0.15) is 0 Å². The largest absolute Gasteiger partial charge is 0.481 e. The number of carboxylic acid groups (broad SMARTS) is 1. The summed E-state index contributed by atoms with van der Waals surface area (Å²) in [6, 6.07) is 5.44. The summed E-state index contributed by atoms with van der Waals surface area (Å²) in [4.78, 5) is 23.8. The second-order valence-electron chi connectivity index (χ2n) is 5.90. The molecular weight excluding hydrogens is 320 g/mol. The molecular formula is C15H16N2O5S. The molecule has 0 aliphatic heterocycles. The van der Waals surface area contributed by atoms with E-state index < -0.39 is 27.8 Å². The number of allylic oxidation sites excluding steroid dienone is 2. The highest BCUT2D eigenvalue weighted by Crippen LogP contribution is 2.48. The fourth-order valence-electron chi connectivity index (χ4n) is 3.47. The number of nitrogens with two attached hydrogens (primary N) is 1. The molecule has 0 spiro atoms. The van der Waals surface area contributed by atoms with E-state index in [-0.39, 0.29) is 22.6 Å². The summed E-state index contributed by atoms with van der Waals surface area (Å²) in [6.45, 7) is 0. The third-order valence-electron chi connectivity index (χ3n) is 4.50. The lowest BCUT2D eigenvalue weighted by molar-refractivity contribution is -0.146. The molecule has 4 N–H and O–H groups in total. The topological polar surface area (TPSA) is 127 Å². The van der Waals surface area contributed by atoms with Gasteiger partial charge in [-0.1, -0.05) is 12.2 Å². The molecule has 3 rings (SSSR count). The monoisotopic (exact) mass is 336 g/mol. The van der Waals surface area contributed by atoms with E-state index in [9.17, 15) is 23.1 Å². The first-order chi connectivity index (χ1) is 10.8. The number of anilines is 1. The lowest BCUT2D eigenvalue weighted by Gasteiger charge is -2.23. The van der Waals surface area contributed by atoms with Gasteiger partial charge in [0.1, 0.15) is 0 Å². The molecule has 2 bridgehead atoms. The molecule has 0 unspecified atom stereocenters. The summed E-state index contributed by atoms with van der Waals surface area (Å²) >= 11 is 0. The van der Waals surface area contributed by atoms with Crippen molar-refractivity contribution in [3.63, 3.8) is 0 Å². The number of primary sulfonamides is 1. The molecule has 1 fully saturated rings. The number of sulfonamides is 1. The average Bonchev–Trinajstić information content (AvgIpc) is 3.07. The molecule has 122 valence electrons. The lowest BCUT2D eigenvalue weighted by Crippen LogP contribution is -2.36. The van der Waals surface area contributed by atoms with Crippen molar-refractivity contribution in [3.05, 3.63) is 36.4 Å². The Kier molecular flexibility index (Phi) is 3.73.